The van der Waals surface area contributed by atoms with E-state index in [4.69, 9.17) is 4.74 Å². The molecule has 0 saturated heterocycles. The van der Waals surface area contributed by atoms with E-state index < -0.39 is 34.3 Å². The van der Waals surface area contributed by atoms with Gasteiger partial charge in [0.25, 0.3) is 0 Å². The number of halogens is 1. The number of hydrogen-bond donors (Lipinski definition) is 1. The lowest BCUT2D eigenvalue weighted by molar-refractivity contribution is -0.140. The minimum atomic E-state index is -3.93. The molecule has 8 nitrogen and oxygen atoms in total. The van der Waals surface area contributed by atoms with Gasteiger partial charge in [-0.15, -0.1) is 0 Å². The second kappa shape index (κ2) is 16.0. The first-order valence-corrected chi connectivity index (χ1v) is 17.0. The maximum atomic E-state index is 14.2. The molecule has 1 N–H and O–H groups in total. The van der Waals surface area contributed by atoms with Crippen molar-refractivity contribution in [1.82, 2.24) is 10.2 Å². The lowest BCUT2D eigenvalue weighted by atomic mass is 10.0. The Bertz CT molecular complexity index is 1670. The highest BCUT2D eigenvalue weighted by Gasteiger charge is 2.33. The largest absolute Gasteiger partial charge is 0.489 e. The summed E-state index contributed by atoms with van der Waals surface area (Å²) in [4.78, 5) is 29.3. The van der Waals surface area contributed by atoms with Crippen molar-refractivity contribution in [2.75, 3.05) is 17.1 Å². The van der Waals surface area contributed by atoms with Gasteiger partial charge in [-0.05, 0) is 66.4 Å². The van der Waals surface area contributed by atoms with E-state index in [0.717, 1.165) is 21.7 Å². The van der Waals surface area contributed by atoms with Crippen molar-refractivity contribution in [3.05, 3.63) is 132 Å². The minimum Gasteiger partial charge on any atom is -0.489 e. The standard InChI is InChI=1S/C36H40FN3O5S/c1-4-27(2)38-36(42)34(23-28-11-7-5-8-12-28)39(24-29-15-17-31(37)18-16-29)35(41)25-40(46(3,43)44)32-19-21-33(22-20-32)45-26-30-13-9-6-10-14-30/h5-22,27,34H,4,23-26H2,1-3H3,(H,38,42). The van der Waals surface area contributed by atoms with Crippen molar-refractivity contribution in [2.24, 2.45) is 0 Å². The second-order valence-electron chi connectivity index (χ2n) is 11.2. The first kappa shape index (κ1) is 34.2. The zero-order valence-electron chi connectivity index (χ0n) is 26.3. The van der Waals surface area contributed by atoms with Crippen LogP contribution >= 0.6 is 0 Å². The van der Waals surface area contributed by atoms with E-state index in [9.17, 15) is 22.4 Å². The van der Waals surface area contributed by atoms with Gasteiger partial charge in [-0.3, -0.25) is 13.9 Å². The monoisotopic (exact) mass is 645 g/mol. The molecule has 2 amide bonds. The Hall–Kier alpha value is -4.70. The van der Waals surface area contributed by atoms with E-state index in [2.05, 4.69) is 5.32 Å². The molecule has 46 heavy (non-hydrogen) atoms. The molecule has 0 aromatic heterocycles. The molecule has 4 rings (SSSR count). The summed E-state index contributed by atoms with van der Waals surface area (Å²) >= 11 is 0. The van der Waals surface area contributed by atoms with Crippen molar-refractivity contribution in [1.29, 1.82) is 0 Å². The molecule has 0 saturated carbocycles. The smallest absolute Gasteiger partial charge is 0.244 e. The fraction of sp³-hybridized carbons (Fsp3) is 0.278. The second-order valence-corrected chi connectivity index (χ2v) is 13.1. The quantitative estimate of drug-likeness (QED) is 0.178. The Labute approximate surface area is 270 Å². The van der Waals surface area contributed by atoms with Crippen LogP contribution in [0.2, 0.25) is 0 Å². The van der Waals surface area contributed by atoms with Gasteiger partial charge in [-0.2, -0.15) is 0 Å². The number of benzene rings is 4. The van der Waals surface area contributed by atoms with Crippen molar-refractivity contribution < 1.29 is 27.1 Å². The molecule has 0 bridgehead atoms. The molecule has 0 radical (unpaired) electrons. The number of carbonyl (C=O) groups excluding carboxylic acids is 2. The van der Waals surface area contributed by atoms with Gasteiger partial charge >= 0.3 is 0 Å². The minimum absolute atomic E-state index is 0.0333. The Kier molecular flexibility index (Phi) is 11.9. The van der Waals surface area contributed by atoms with Crippen LogP contribution in [-0.2, 0) is 39.2 Å². The molecule has 242 valence electrons. The molecule has 2 unspecified atom stereocenters. The molecular formula is C36H40FN3O5S. The number of hydrogen-bond acceptors (Lipinski definition) is 5. The lowest BCUT2D eigenvalue weighted by Gasteiger charge is -2.34. The van der Waals surface area contributed by atoms with Gasteiger partial charge in [0.2, 0.25) is 21.8 Å². The highest BCUT2D eigenvalue weighted by molar-refractivity contribution is 7.92. The predicted molar refractivity (Wildman–Crippen MR) is 178 cm³/mol. The Balaban J connectivity index is 1.64. The Morgan fingerprint density at radius 3 is 1.98 bits per heavy atom. The maximum absolute atomic E-state index is 14.2. The Morgan fingerprint density at radius 2 is 1.41 bits per heavy atom. The molecular weight excluding hydrogens is 605 g/mol. The molecule has 0 aliphatic carbocycles. The number of ether oxygens (including phenoxy) is 1. The van der Waals surface area contributed by atoms with Crippen LogP contribution in [0.1, 0.15) is 37.0 Å². The fourth-order valence-corrected chi connectivity index (χ4v) is 5.69. The summed E-state index contributed by atoms with van der Waals surface area (Å²) in [6.45, 7) is 3.58. The van der Waals surface area contributed by atoms with Gasteiger partial charge in [0.1, 0.15) is 30.8 Å². The van der Waals surface area contributed by atoms with Crippen LogP contribution in [0.3, 0.4) is 0 Å². The molecule has 0 aliphatic heterocycles. The van der Waals surface area contributed by atoms with Crippen LogP contribution < -0.4 is 14.4 Å². The van der Waals surface area contributed by atoms with E-state index in [1.54, 1.807) is 36.4 Å². The van der Waals surface area contributed by atoms with Gasteiger partial charge in [0.15, 0.2) is 0 Å². The van der Waals surface area contributed by atoms with Crippen LogP contribution in [-0.4, -0.2) is 50.0 Å². The van der Waals surface area contributed by atoms with Gasteiger partial charge < -0.3 is 15.0 Å². The first-order chi connectivity index (χ1) is 22.0. The van der Waals surface area contributed by atoms with E-state index in [-0.39, 0.29) is 30.6 Å². The van der Waals surface area contributed by atoms with Crippen LogP contribution in [0.25, 0.3) is 0 Å². The summed E-state index contributed by atoms with van der Waals surface area (Å²) in [5.74, 6) is -0.842. The molecule has 10 heteroatoms. The average Bonchev–Trinajstić information content (AvgIpc) is 3.05. The molecule has 2 atom stereocenters. The maximum Gasteiger partial charge on any atom is 0.244 e. The van der Waals surface area contributed by atoms with Crippen molar-refractivity contribution in [3.63, 3.8) is 0 Å². The zero-order valence-corrected chi connectivity index (χ0v) is 27.1. The topological polar surface area (TPSA) is 96.0 Å². The summed E-state index contributed by atoms with van der Waals surface area (Å²) in [6, 6.07) is 29.9. The summed E-state index contributed by atoms with van der Waals surface area (Å²) in [5, 5.41) is 2.99. The van der Waals surface area contributed by atoms with Crippen molar-refractivity contribution >= 4 is 27.5 Å². The number of anilines is 1. The van der Waals surface area contributed by atoms with E-state index in [1.165, 1.54) is 17.0 Å². The number of rotatable bonds is 15. The van der Waals surface area contributed by atoms with Crippen LogP contribution in [0.15, 0.2) is 109 Å². The van der Waals surface area contributed by atoms with E-state index >= 15 is 0 Å². The Morgan fingerprint density at radius 1 is 0.826 bits per heavy atom. The summed E-state index contributed by atoms with van der Waals surface area (Å²) in [6.07, 6.45) is 1.91. The molecule has 4 aromatic rings. The van der Waals surface area contributed by atoms with Gasteiger partial charge in [0, 0.05) is 19.0 Å². The van der Waals surface area contributed by atoms with Gasteiger partial charge in [-0.1, -0.05) is 79.7 Å². The summed E-state index contributed by atoms with van der Waals surface area (Å²) in [7, 11) is -3.93. The average molecular weight is 646 g/mol. The molecule has 0 spiro atoms. The van der Waals surface area contributed by atoms with Crippen molar-refractivity contribution in [2.45, 2.75) is 51.9 Å². The highest BCUT2D eigenvalue weighted by Crippen LogP contribution is 2.24. The molecule has 0 heterocycles. The SMILES string of the molecule is CCC(C)NC(=O)C(Cc1ccccc1)N(Cc1ccc(F)cc1)C(=O)CN(c1ccc(OCc2ccccc2)cc1)S(C)(=O)=O. The third-order valence-corrected chi connectivity index (χ3v) is 8.73. The van der Waals surface area contributed by atoms with Crippen molar-refractivity contribution in [3.8, 4) is 5.75 Å². The number of amides is 2. The van der Waals surface area contributed by atoms with Gasteiger partial charge in [-0.25, -0.2) is 12.8 Å². The van der Waals surface area contributed by atoms with E-state index in [1.807, 2.05) is 74.5 Å². The van der Waals surface area contributed by atoms with Crippen LogP contribution in [0, 0.1) is 5.82 Å². The summed E-state index contributed by atoms with van der Waals surface area (Å²) < 4.78 is 46.8. The molecule has 4 aromatic carbocycles. The van der Waals surface area contributed by atoms with E-state index in [0.29, 0.717) is 24.3 Å². The third-order valence-electron chi connectivity index (χ3n) is 7.59. The normalized spacial score (nSPS) is 12.5. The van der Waals surface area contributed by atoms with Crippen LogP contribution in [0.4, 0.5) is 10.1 Å². The van der Waals surface area contributed by atoms with Crippen LogP contribution in [0.5, 0.6) is 5.75 Å². The predicted octanol–water partition coefficient (Wildman–Crippen LogP) is 5.73. The number of nitrogens with zero attached hydrogens (tertiary/aromatic N) is 2. The fourth-order valence-electron chi connectivity index (χ4n) is 4.84. The van der Waals surface area contributed by atoms with Gasteiger partial charge in [0.05, 0.1) is 11.9 Å². The summed E-state index contributed by atoms with van der Waals surface area (Å²) in [5.41, 5.74) is 2.68. The number of carbonyl (C=O) groups is 2. The zero-order chi connectivity index (χ0) is 33.1. The first-order valence-electron chi connectivity index (χ1n) is 15.2. The number of sulfonamides is 1. The highest BCUT2D eigenvalue weighted by atomic mass is 32.2. The third kappa shape index (κ3) is 9.90. The molecule has 0 aliphatic rings. The molecule has 0 fully saturated rings. The lowest BCUT2D eigenvalue weighted by Crippen LogP contribution is -2.54. The number of nitrogens with one attached hydrogen (secondary N) is 1.